The Morgan fingerprint density at radius 3 is 2.76 bits per heavy atom. The van der Waals surface area contributed by atoms with Crippen LogP contribution in [0.3, 0.4) is 0 Å². The number of nitrogens with one attached hydrogen (secondary N) is 1. The summed E-state index contributed by atoms with van der Waals surface area (Å²) in [6, 6.07) is 0. The number of aromatic nitrogens is 2. The van der Waals surface area contributed by atoms with Crippen LogP contribution in [-0.4, -0.2) is 39.5 Å². The van der Waals surface area contributed by atoms with E-state index in [4.69, 9.17) is 9.84 Å². The van der Waals surface area contributed by atoms with Crippen molar-refractivity contribution in [3.05, 3.63) is 12.4 Å². The van der Waals surface area contributed by atoms with Gasteiger partial charge in [-0.1, -0.05) is 13.3 Å². The van der Waals surface area contributed by atoms with E-state index < -0.39 is 17.6 Å². The highest BCUT2D eigenvalue weighted by Gasteiger charge is 2.30. The van der Waals surface area contributed by atoms with Crippen LogP contribution in [0.1, 0.15) is 40.5 Å². The summed E-state index contributed by atoms with van der Waals surface area (Å²) in [6.07, 6.45) is 4.26. The number of hydrogen-bond acceptors (Lipinski definition) is 4. The summed E-state index contributed by atoms with van der Waals surface area (Å²) in [6.45, 7) is 7.33. The van der Waals surface area contributed by atoms with Crippen molar-refractivity contribution in [1.82, 2.24) is 9.78 Å². The minimum Gasteiger partial charge on any atom is -0.479 e. The lowest BCUT2D eigenvalue weighted by atomic mass is 10.1. The van der Waals surface area contributed by atoms with Gasteiger partial charge in [0, 0.05) is 12.8 Å². The average Bonchev–Trinajstić information content (AvgIpc) is 2.87. The molecule has 118 valence electrons. The predicted molar refractivity (Wildman–Crippen MR) is 78.1 cm³/mol. The normalized spacial score (nSPS) is 13.0. The summed E-state index contributed by atoms with van der Waals surface area (Å²) in [5, 5.41) is 15.8. The molecule has 0 fully saturated rings. The summed E-state index contributed by atoms with van der Waals surface area (Å²) in [5.74, 6) is -1.28. The summed E-state index contributed by atoms with van der Waals surface area (Å²) in [5.41, 5.74) is -0.730. The maximum absolute atomic E-state index is 11.9. The van der Waals surface area contributed by atoms with Gasteiger partial charge in [0.2, 0.25) is 0 Å². The zero-order valence-corrected chi connectivity index (χ0v) is 12.9. The van der Waals surface area contributed by atoms with E-state index in [1.807, 2.05) is 6.92 Å². The highest BCUT2D eigenvalue weighted by atomic mass is 16.5. The maximum Gasteiger partial charge on any atom is 0.331 e. The molecular weight excluding hydrogens is 274 g/mol. The molecule has 0 aromatic carbocycles. The SMILES string of the molecule is CCCCOC(C)C(=O)Nc1cnn(C(C)(C)C(=O)O)c1. The first kappa shape index (κ1) is 17.2. The lowest BCUT2D eigenvalue weighted by Crippen LogP contribution is -2.36. The molecule has 0 aliphatic carbocycles. The molecule has 0 aliphatic rings. The molecule has 0 aliphatic heterocycles. The van der Waals surface area contributed by atoms with Gasteiger partial charge in [0.15, 0.2) is 5.54 Å². The monoisotopic (exact) mass is 297 g/mol. The van der Waals surface area contributed by atoms with Crippen molar-refractivity contribution in [2.24, 2.45) is 0 Å². The molecule has 1 atom stereocenters. The molecule has 1 unspecified atom stereocenters. The number of rotatable bonds is 8. The number of nitrogens with zero attached hydrogens (tertiary/aromatic N) is 2. The molecule has 21 heavy (non-hydrogen) atoms. The molecule has 0 spiro atoms. The standard InChI is InChI=1S/C14H23N3O4/c1-5-6-7-21-10(2)12(18)16-11-8-15-17(9-11)14(3,4)13(19)20/h8-10H,5-7H2,1-4H3,(H,16,18)(H,19,20). The fourth-order valence-electron chi connectivity index (χ4n) is 1.52. The van der Waals surface area contributed by atoms with Crippen molar-refractivity contribution in [2.75, 3.05) is 11.9 Å². The van der Waals surface area contributed by atoms with Gasteiger partial charge in [-0.2, -0.15) is 5.10 Å². The van der Waals surface area contributed by atoms with Crippen molar-refractivity contribution in [1.29, 1.82) is 0 Å². The van der Waals surface area contributed by atoms with Gasteiger partial charge in [-0.25, -0.2) is 4.79 Å². The zero-order valence-electron chi connectivity index (χ0n) is 12.9. The number of carbonyl (C=O) groups excluding carboxylic acids is 1. The van der Waals surface area contributed by atoms with Crippen LogP contribution in [0, 0.1) is 0 Å². The Hall–Kier alpha value is -1.89. The first-order chi connectivity index (χ1) is 9.78. The Bertz CT molecular complexity index is 496. The second kappa shape index (κ2) is 7.21. The second-order valence-corrected chi connectivity index (χ2v) is 5.39. The quantitative estimate of drug-likeness (QED) is 0.714. The van der Waals surface area contributed by atoms with Gasteiger partial charge in [-0.3, -0.25) is 9.48 Å². The molecule has 1 heterocycles. The Morgan fingerprint density at radius 1 is 1.52 bits per heavy atom. The maximum atomic E-state index is 11.9. The summed E-state index contributed by atoms with van der Waals surface area (Å²) >= 11 is 0. The lowest BCUT2D eigenvalue weighted by Gasteiger charge is -2.19. The smallest absolute Gasteiger partial charge is 0.331 e. The van der Waals surface area contributed by atoms with Crippen LogP contribution in [0.5, 0.6) is 0 Å². The number of anilines is 1. The van der Waals surface area contributed by atoms with Crippen molar-refractivity contribution < 1.29 is 19.4 Å². The highest BCUT2D eigenvalue weighted by Crippen LogP contribution is 2.17. The molecule has 7 nitrogen and oxygen atoms in total. The van der Waals surface area contributed by atoms with Gasteiger partial charge < -0.3 is 15.2 Å². The molecule has 1 rings (SSSR count). The topological polar surface area (TPSA) is 93.5 Å². The molecule has 0 radical (unpaired) electrons. The Balaban J connectivity index is 2.62. The van der Waals surface area contributed by atoms with Gasteiger partial charge in [-0.15, -0.1) is 0 Å². The van der Waals surface area contributed by atoms with Crippen LogP contribution in [0.15, 0.2) is 12.4 Å². The summed E-state index contributed by atoms with van der Waals surface area (Å²) < 4.78 is 6.69. The highest BCUT2D eigenvalue weighted by molar-refractivity contribution is 5.93. The number of unbranched alkanes of at least 4 members (excludes halogenated alkanes) is 1. The molecule has 0 saturated heterocycles. The molecule has 1 amide bonds. The fraction of sp³-hybridized carbons (Fsp3) is 0.643. The van der Waals surface area contributed by atoms with Gasteiger partial charge >= 0.3 is 5.97 Å². The Labute approximate surface area is 124 Å². The first-order valence-electron chi connectivity index (χ1n) is 7.00. The number of carboxylic acid groups (broad SMARTS) is 1. The molecule has 2 N–H and O–H groups in total. The van der Waals surface area contributed by atoms with Crippen LogP contribution in [0.2, 0.25) is 0 Å². The molecule has 1 aromatic heterocycles. The third kappa shape index (κ3) is 4.56. The van der Waals surface area contributed by atoms with E-state index in [2.05, 4.69) is 10.4 Å². The van der Waals surface area contributed by atoms with E-state index in [-0.39, 0.29) is 5.91 Å². The van der Waals surface area contributed by atoms with Crippen molar-refractivity contribution in [3.8, 4) is 0 Å². The van der Waals surface area contributed by atoms with E-state index in [1.165, 1.54) is 30.9 Å². The number of carboxylic acids is 1. The first-order valence-corrected chi connectivity index (χ1v) is 7.00. The minimum absolute atomic E-state index is 0.279. The number of ether oxygens (including phenoxy) is 1. The van der Waals surface area contributed by atoms with Gasteiger partial charge in [0.1, 0.15) is 6.10 Å². The van der Waals surface area contributed by atoms with Crippen LogP contribution < -0.4 is 5.32 Å². The molecule has 0 bridgehead atoms. The van der Waals surface area contributed by atoms with E-state index >= 15 is 0 Å². The number of carbonyl (C=O) groups is 2. The third-order valence-corrected chi connectivity index (χ3v) is 3.18. The average molecular weight is 297 g/mol. The minimum atomic E-state index is -1.17. The summed E-state index contributed by atoms with van der Waals surface area (Å²) in [7, 11) is 0. The largest absolute Gasteiger partial charge is 0.479 e. The number of amides is 1. The fourth-order valence-corrected chi connectivity index (χ4v) is 1.52. The Kier molecular flexibility index (Phi) is 5.90. The van der Waals surface area contributed by atoms with E-state index in [1.54, 1.807) is 6.92 Å². The van der Waals surface area contributed by atoms with E-state index in [0.29, 0.717) is 12.3 Å². The van der Waals surface area contributed by atoms with Crippen LogP contribution in [0.25, 0.3) is 0 Å². The van der Waals surface area contributed by atoms with Crippen LogP contribution in [0.4, 0.5) is 5.69 Å². The number of hydrogen-bond donors (Lipinski definition) is 2. The number of aliphatic carboxylic acids is 1. The second-order valence-electron chi connectivity index (χ2n) is 5.39. The van der Waals surface area contributed by atoms with Gasteiger partial charge in [0.05, 0.1) is 11.9 Å². The van der Waals surface area contributed by atoms with Crippen molar-refractivity contribution >= 4 is 17.6 Å². The molecule has 1 aromatic rings. The van der Waals surface area contributed by atoms with Crippen molar-refractivity contribution in [3.63, 3.8) is 0 Å². The predicted octanol–water partition coefficient (Wildman–Crippen LogP) is 1.85. The Morgan fingerprint density at radius 2 is 2.19 bits per heavy atom. The van der Waals surface area contributed by atoms with Crippen LogP contribution in [-0.2, 0) is 19.9 Å². The zero-order chi connectivity index (χ0) is 16.0. The third-order valence-electron chi connectivity index (χ3n) is 3.18. The summed E-state index contributed by atoms with van der Waals surface area (Å²) in [4.78, 5) is 23.0. The molecule has 7 heteroatoms. The lowest BCUT2D eigenvalue weighted by molar-refractivity contribution is -0.146. The van der Waals surface area contributed by atoms with Crippen molar-refractivity contribution in [2.45, 2.75) is 52.2 Å². The van der Waals surface area contributed by atoms with E-state index in [9.17, 15) is 9.59 Å². The van der Waals surface area contributed by atoms with E-state index in [0.717, 1.165) is 12.8 Å². The molecular formula is C14H23N3O4. The van der Waals surface area contributed by atoms with Gasteiger partial charge in [-0.05, 0) is 27.2 Å². The molecule has 0 saturated carbocycles. The van der Waals surface area contributed by atoms with Gasteiger partial charge in [0.25, 0.3) is 5.91 Å². The van der Waals surface area contributed by atoms with Crippen LogP contribution >= 0.6 is 0 Å².